The van der Waals surface area contributed by atoms with E-state index in [4.69, 9.17) is 0 Å². The van der Waals surface area contributed by atoms with Crippen molar-refractivity contribution in [2.24, 2.45) is 23.7 Å². The van der Waals surface area contributed by atoms with Gasteiger partial charge < -0.3 is 10.2 Å². The van der Waals surface area contributed by atoms with Gasteiger partial charge in [-0.05, 0) is 31.2 Å². The number of carbonyl (C=O) groups excluding carboxylic acids is 3. The Morgan fingerprint density at radius 3 is 2.67 bits per heavy atom. The van der Waals surface area contributed by atoms with E-state index in [-0.39, 0.29) is 40.1 Å². The maximum Gasteiger partial charge on any atom is 0.171 e. The Labute approximate surface area is 139 Å². The third-order valence-corrected chi connectivity index (χ3v) is 6.05. The Balaban J connectivity index is 1.85. The molecule has 2 saturated carbocycles. The number of phenolic OH excluding ortho intramolecular Hbond substituents is 1. The Morgan fingerprint density at radius 1 is 1.17 bits per heavy atom. The summed E-state index contributed by atoms with van der Waals surface area (Å²) in [7, 11) is 0. The average Bonchev–Trinajstić information content (AvgIpc) is 2.50. The number of rotatable bonds is 0. The molecule has 0 radical (unpaired) electrons. The topological polar surface area (TPSA) is 91.7 Å². The van der Waals surface area contributed by atoms with Gasteiger partial charge in [0, 0.05) is 23.8 Å². The van der Waals surface area contributed by atoms with E-state index >= 15 is 0 Å². The summed E-state index contributed by atoms with van der Waals surface area (Å²) in [6.07, 6.45) is 1.54. The zero-order chi connectivity index (χ0) is 17.2. The molecular weight excluding hydrogens is 308 g/mol. The first-order valence-electron chi connectivity index (χ1n) is 8.49. The normalized spacial score (nSPS) is 38.3. The second kappa shape index (κ2) is 4.99. The Hall–Kier alpha value is -2.01. The van der Waals surface area contributed by atoms with Gasteiger partial charge in [0.2, 0.25) is 0 Å². The molecule has 1 aromatic carbocycles. The Bertz CT molecular complexity index is 767. The van der Waals surface area contributed by atoms with Crippen LogP contribution >= 0.6 is 0 Å². The fourth-order valence-electron chi connectivity index (χ4n) is 5.18. The summed E-state index contributed by atoms with van der Waals surface area (Å²) >= 11 is 0. The molecule has 0 unspecified atom stereocenters. The van der Waals surface area contributed by atoms with Crippen LogP contribution in [0.15, 0.2) is 18.2 Å². The zero-order valence-electron chi connectivity index (χ0n) is 13.5. The average molecular weight is 328 g/mol. The number of ketones is 3. The summed E-state index contributed by atoms with van der Waals surface area (Å²) in [6, 6.07) is 4.45. The number of benzene rings is 1. The quantitative estimate of drug-likeness (QED) is 0.761. The summed E-state index contributed by atoms with van der Waals surface area (Å²) in [4.78, 5) is 38.6. The first-order chi connectivity index (χ1) is 11.3. The van der Waals surface area contributed by atoms with Crippen LogP contribution in [-0.2, 0) is 4.79 Å². The molecule has 3 aliphatic rings. The van der Waals surface area contributed by atoms with Crippen LogP contribution in [0.25, 0.3) is 0 Å². The molecule has 4 rings (SSSR count). The number of aromatic hydroxyl groups is 1. The maximum absolute atomic E-state index is 13.0. The first kappa shape index (κ1) is 15.5. The molecule has 5 atom stereocenters. The van der Waals surface area contributed by atoms with Gasteiger partial charge in [0.25, 0.3) is 0 Å². The van der Waals surface area contributed by atoms with E-state index in [0.717, 1.165) is 0 Å². The summed E-state index contributed by atoms with van der Waals surface area (Å²) in [6.45, 7) is 1.93. The predicted molar refractivity (Wildman–Crippen MR) is 84.8 cm³/mol. The van der Waals surface area contributed by atoms with Crippen LogP contribution in [-0.4, -0.2) is 33.2 Å². The molecule has 0 amide bonds. The summed E-state index contributed by atoms with van der Waals surface area (Å²) in [5, 5.41) is 21.1. The molecule has 3 aliphatic carbocycles. The number of hydrogen-bond acceptors (Lipinski definition) is 5. The first-order valence-corrected chi connectivity index (χ1v) is 8.49. The number of fused-ring (bicyclic) bond motifs is 4. The van der Waals surface area contributed by atoms with Crippen molar-refractivity contribution >= 4 is 17.3 Å². The molecule has 5 nitrogen and oxygen atoms in total. The summed E-state index contributed by atoms with van der Waals surface area (Å²) < 4.78 is 0. The fraction of sp³-hybridized carbons (Fsp3) is 0.526. The molecule has 0 heterocycles. The highest BCUT2D eigenvalue weighted by atomic mass is 16.3. The van der Waals surface area contributed by atoms with Crippen LogP contribution in [0.2, 0.25) is 0 Å². The third kappa shape index (κ3) is 1.94. The molecule has 2 N–H and O–H groups in total. The maximum atomic E-state index is 13.0. The highest BCUT2D eigenvalue weighted by molar-refractivity contribution is 6.18. The molecule has 0 spiro atoms. The lowest BCUT2D eigenvalue weighted by Crippen LogP contribution is -2.59. The van der Waals surface area contributed by atoms with Crippen molar-refractivity contribution < 1.29 is 24.6 Å². The van der Waals surface area contributed by atoms with Gasteiger partial charge in [0.1, 0.15) is 11.5 Å². The number of phenols is 1. The van der Waals surface area contributed by atoms with Gasteiger partial charge in [-0.2, -0.15) is 0 Å². The van der Waals surface area contributed by atoms with Gasteiger partial charge in [0.15, 0.2) is 11.6 Å². The van der Waals surface area contributed by atoms with Crippen molar-refractivity contribution in [1.29, 1.82) is 0 Å². The standard InChI is InChI=1S/C19H20O5/c1-9-7-13(21)16-15-11(5-6-19(16,24)8-9)17(22)14-10(18(15)23)3-2-4-12(14)20/h2-4,9,11,15-16,20,24H,5-8H2,1H3/t9-,11-,15-,16+,19-/m0/s1. The molecule has 0 aliphatic heterocycles. The third-order valence-electron chi connectivity index (χ3n) is 6.05. The van der Waals surface area contributed by atoms with Crippen molar-refractivity contribution in [2.75, 3.05) is 0 Å². The van der Waals surface area contributed by atoms with Crippen LogP contribution < -0.4 is 0 Å². The summed E-state index contributed by atoms with van der Waals surface area (Å²) in [5.41, 5.74) is -0.942. The van der Waals surface area contributed by atoms with Gasteiger partial charge in [-0.25, -0.2) is 0 Å². The van der Waals surface area contributed by atoms with E-state index < -0.39 is 23.4 Å². The van der Waals surface area contributed by atoms with Crippen molar-refractivity contribution in [3.63, 3.8) is 0 Å². The number of aliphatic hydroxyl groups is 1. The van der Waals surface area contributed by atoms with Gasteiger partial charge >= 0.3 is 0 Å². The molecule has 0 bridgehead atoms. The minimum absolute atomic E-state index is 0.0748. The zero-order valence-corrected chi connectivity index (χ0v) is 13.5. The van der Waals surface area contributed by atoms with E-state index in [0.29, 0.717) is 25.7 Å². The highest BCUT2D eigenvalue weighted by Crippen LogP contribution is 2.53. The van der Waals surface area contributed by atoms with Crippen LogP contribution in [0.4, 0.5) is 0 Å². The van der Waals surface area contributed by atoms with E-state index in [1.165, 1.54) is 18.2 Å². The number of hydrogen-bond donors (Lipinski definition) is 2. The van der Waals surface area contributed by atoms with Crippen molar-refractivity contribution in [2.45, 2.75) is 38.2 Å². The minimum Gasteiger partial charge on any atom is -0.507 e. The minimum atomic E-state index is -1.19. The van der Waals surface area contributed by atoms with E-state index in [1.54, 1.807) is 0 Å². The largest absolute Gasteiger partial charge is 0.507 e. The lowest BCUT2D eigenvalue weighted by molar-refractivity contribution is -0.154. The Kier molecular flexibility index (Phi) is 3.23. The second-order valence-electron chi connectivity index (χ2n) is 7.66. The number of carbonyl (C=O) groups is 3. The molecule has 5 heteroatoms. The molecule has 0 aromatic heterocycles. The number of Topliss-reactive ketones (excluding diaryl/α,β-unsaturated/α-hetero) is 3. The predicted octanol–water partition coefficient (Wildman–Crippen LogP) is 2.14. The van der Waals surface area contributed by atoms with E-state index in [2.05, 4.69) is 0 Å². The van der Waals surface area contributed by atoms with Gasteiger partial charge in [-0.3, -0.25) is 14.4 Å². The van der Waals surface area contributed by atoms with Gasteiger partial charge in [-0.1, -0.05) is 19.1 Å². The summed E-state index contributed by atoms with van der Waals surface area (Å²) in [5.74, 6) is -3.02. The SMILES string of the molecule is C[C@H]1CC(=O)[C@@H]2[C@H]3C(=O)c4cccc(O)c4C(=O)[C@H]3CC[C@]2(O)C1. The second-order valence-corrected chi connectivity index (χ2v) is 7.66. The molecular formula is C19H20O5. The van der Waals surface area contributed by atoms with E-state index in [1.807, 2.05) is 6.92 Å². The van der Waals surface area contributed by atoms with Gasteiger partial charge in [-0.15, -0.1) is 0 Å². The van der Waals surface area contributed by atoms with Gasteiger partial charge in [0.05, 0.1) is 17.1 Å². The molecule has 1 aromatic rings. The molecule has 0 saturated heterocycles. The molecule has 2 fully saturated rings. The van der Waals surface area contributed by atoms with Crippen molar-refractivity contribution in [1.82, 2.24) is 0 Å². The lowest BCUT2D eigenvalue weighted by atomic mass is 9.53. The van der Waals surface area contributed by atoms with Crippen LogP contribution in [0.5, 0.6) is 5.75 Å². The molecule has 24 heavy (non-hydrogen) atoms. The molecule has 126 valence electrons. The van der Waals surface area contributed by atoms with Crippen molar-refractivity contribution in [3.8, 4) is 5.75 Å². The van der Waals surface area contributed by atoms with Crippen LogP contribution in [0, 0.1) is 23.7 Å². The highest BCUT2D eigenvalue weighted by Gasteiger charge is 2.60. The lowest BCUT2D eigenvalue weighted by Gasteiger charge is -2.51. The monoisotopic (exact) mass is 328 g/mol. The Morgan fingerprint density at radius 2 is 1.92 bits per heavy atom. The smallest absolute Gasteiger partial charge is 0.171 e. The fourth-order valence-corrected chi connectivity index (χ4v) is 5.18. The van der Waals surface area contributed by atoms with Crippen LogP contribution in [0.3, 0.4) is 0 Å². The van der Waals surface area contributed by atoms with E-state index in [9.17, 15) is 24.6 Å². The van der Waals surface area contributed by atoms with Crippen LogP contribution in [0.1, 0.15) is 53.3 Å². The van der Waals surface area contributed by atoms with Crippen molar-refractivity contribution in [3.05, 3.63) is 29.3 Å².